The molecule has 0 saturated carbocycles. The van der Waals surface area contributed by atoms with E-state index < -0.39 is 0 Å². The summed E-state index contributed by atoms with van der Waals surface area (Å²) >= 11 is 0. The molecule has 16 heavy (non-hydrogen) atoms. The van der Waals surface area contributed by atoms with Gasteiger partial charge in [-0.15, -0.1) is 0 Å². The van der Waals surface area contributed by atoms with Gasteiger partial charge in [0.15, 0.2) is 0 Å². The van der Waals surface area contributed by atoms with Crippen LogP contribution in [0.5, 0.6) is 0 Å². The van der Waals surface area contributed by atoms with Crippen LogP contribution in [0.4, 0.5) is 0 Å². The quantitative estimate of drug-likeness (QED) is 0.778. The Kier molecular flexibility index (Phi) is 3.72. The molecule has 0 saturated heterocycles. The van der Waals surface area contributed by atoms with Crippen LogP contribution in [0.3, 0.4) is 0 Å². The summed E-state index contributed by atoms with van der Waals surface area (Å²) < 4.78 is 2.21. The van der Waals surface area contributed by atoms with Crippen molar-refractivity contribution in [3.05, 3.63) is 43.0 Å². The summed E-state index contributed by atoms with van der Waals surface area (Å²) in [6.45, 7) is 1.81. The van der Waals surface area contributed by atoms with Gasteiger partial charge < -0.3 is 10.3 Å². The molecular formula is C13H17N3. The fourth-order valence-electron chi connectivity index (χ4n) is 1.72. The van der Waals surface area contributed by atoms with Crippen LogP contribution in [0.1, 0.15) is 12.8 Å². The molecule has 0 amide bonds. The molecule has 2 aromatic heterocycles. The first kappa shape index (κ1) is 10.9. The molecule has 2 rings (SSSR count). The highest BCUT2D eigenvalue weighted by Gasteiger charge is 1.99. The molecule has 0 bridgehead atoms. The van der Waals surface area contributed by atoms with Crippen LogP contribution in [0.15, 0.2) is 43.0 Å². The maximum Gasteiger partial charge on any atom is 0.0346 e. The minimum Gasteiger partial charge on any atom is -0.354 e. The zero-order valence-corrected chi connectivity index (χ0v) is 9.34. The van der Waals surface area contributed by atoms with Crippen LogP contribution in [-0.2, 0) is 6.54 Å². The molecule has 0 aliphatic rings. The lowest BCUT2D eigenvalue weighted by Gasteiger charge is -2.01. The highest BCUT2D eigenvalue weighted by Crippen LogP contribution is 2.18. The fourth-order valence-corrected chi connectivity index (χ4v) is 1.72. The molecule has 0 atom stereocenters. The minimum atomic E-state index is 0.775. The third-order valence-corrected chi connectivity index (χ3v) is 2.62. The summed E-state index contributed by atoms with van der Waals surface area (Å²) in [7, 11) is 0. The third kappa shape index (κ3) is 2.70. The van der Waals surface area contributed by atoms with Crippen molar-refractivity contribution in [2.24, 2.45) is 5.73 Å². The van der Waals surface area contributed by atoms with Crippen molar-refractivity contribution in [2.75, 3.05) is 6.54 Å². The Labute approximate surface area is 95.9 Å². The summed E-state index contributed by atoms with van der Waals surface area (Å²) in [4.78, 5) is 4.12. The molecule has 2 N–H and O–H groups in total. The van der Waals surface area contributed by atoms with Crippen molar-refractivity contribution in [3.8, 4) is 11.1 Å². The Morgan fingerprint density at radius 1 is 1.19 bits per heavy atom. The van der Waals surface area contributed by atoms with E-state index in [-0.39, 0.29) is 0 Å². The predicted octanol–water partition coefficient (Wildman–Crippen LogP) is 2.29. The minimum absolute atomic E-state index is 0.775. The largest absolute Gasteiger partial charge is 0.354 e. The normalized spacial score (nSPS) is 10.6. The summed E-state index contributed by atoms with van der Waals surface area (Å²) in [5, 5.41) is 0. The molecule has 0 spiro atoms. The van der Waals surface area contributed by atoms with Gasteiger partial charge >= 0.3 is 0 Å². The van der Waals surface area contributed by atoms with Crippen molar-refractivity contribution in [2.45, 2.75) is 19.4 Å². The van der Waals surface area contributed by atoms with Crippen molar-refractivity contribution < 1.29 is 0 Å². The lowest BCUT2D eigenvalue weighted by atomic mass is 10.2. The molecule has 0 radical (unpaired) electrons. The van der Waals surface area contributed by atoms with Gasteiger partial charge in [-0.3, -0.25) is 4.98 Å². The van der Waals surface area contributed by atoms with E-state index in [0.717, 1.165) is 25.9 Å². The van der Waals surface area contributed by atoms with Crippen molar-refractivity contribution >= 4 is 0 Å². The molecule has 3 heteroatoms. The van der Waals surface area contributed by atoms with Crippen molar-refractivity contribution in [3.63, 3.8) is 0 Å². The topological polar surface area (TPSA) is 43.8 Å². The van der Waals surface area contributed by atoms with Gasteiger partial charge in [-0.1, -0.05) is 6.07 Å². The SMILES string of the molecule is NCCCCn1ccc(-c2cccnc2)c1. The Hall–Kier alpha value is -1.61. The van der Waals surface area contributed by atoms with Crippen LogP contribution in [0, 0.1) is 0 Å². The Balaban J connectivity index is 2.02. The van der Waals surface area contributed by atoms with Gasteiger partial charge in [0.2, 0.25) is 0 Å². The zero-order valence-electron chi connectivity index (χ0n) is 9.34. The average Bonchev–Trinajstić information content (AvgIpc) is 2.79. The van der Waals surface area contributed by atoms with Crippen molar-refractivity contribution in [1.82, 2.24) is 9.55 Å². The molecule has 2 heterocycles. The number of hydrogen-bond acceptors (Lipinski definition) is 2. The second kappa shape index (κ2) is 5.47. The number of pyridine rings is 1. The fraction of sp³-hybridized carbons (Fsp3) is 0.308. The number of rotatable bonds is 5. The summed E-state index contributed by atoms with van der Waals surface area (Å²) in [5.74, 6) is 0. The van der Waals surface area contributed by atoms with Gasteiger partial charge in [0.05, 0.1) is 0 Å². The highest BCUT2D eigenvalue weighted by molar-refractivity contribution is 5.61. The molecule has 84 valence electrons. The van der Waals surface area contributed by atoms with Crippen LogP contribution in [0.25, 0.3) is 11.1 Å². The van der Waals surface area contributed by atoms with E-state index in [1.54, 1.807) is 6.20 Å². The van der Waals surface area contributed by atoms with Gasteiger partial charge in [0, 0.05) is 42.5 Å². The molecule has 0 aliphatic carbocycles. The van der Waals surface area contributed by atoms with E-state index in [4.69, 9.17) is 5.73 Å². The number of unbranched alkanes of at least 4 members (excludes halogenated alkanes) is 1. The van der Waals surface area contributed by atoms with E-state index in [0.29, 0.717) is 0 Å². The van der Waals surface area contributed by atoms with Crippen molar-refractivity contribution in [1.29, 1.82) is 0 Å². The standard InChI is InChI=1S/C13H17N3/c14-6-1-2-8-16-9-5-13(11-16)12-4-3-7-15-10-12/h3-5,7,9-11H,1-2,6,8,14H2. The number of nitrogens with two attached hydrogens (primary N) is 1. The van der Waals surface area contributed by atoms with E-state index in [2.05, 4.69) is 34.1 Å². The first-order valence-corrected chi connectivity index (χ1v) is 5.66. The molecule has 0 aromatic carbocycles. The van der Waals surface area contributed by atoms with Crippen LogP contribution in [-0.4, -0.2) is 16.1 Å². The molecule has 0 fully saturated rings. The Morgan fingerprint density at radius 2 is 2.12 bits per heavy atom. The molecule has 3 nitrogen and oxygen atoms in total. The third-order valence-electron chi connectivity index (χ3n) is 2.62. The number of aromatic nitrogens is 2. The molecule has 0 aliphatic heterocycles. The van der Waals surface area contributed by atoms with E-state index >= 15 is 0 Å². The van der Waals surface area contributed by atoms with E-state index in [1.165, 1.54) is 11.1 Å². The van der Waals surface area contributed by atoms with Gasteiger partial charge in [-0.05, 0) is 31.5 Å². The number of nitrogens with zero attached hydrogens (tertiary/aromatic N) is 2. The lowest BCUT2D eigenvalue weighted by molar-refractivity contribution is 0.618. The second-order valence-electron chi connectivity index (χ2n) is 3.88. The van der Waals surface area contributed by atoms with E-state index in [9.17, 15) is 0 Å². The van der Waals surface area contributed by atoms with Gasteiger partial charge in [-0.25, -0.2) is 0 Å². The number of hydrogen-bond donors (Lipinski definition) is 1. The first-order valence-electron chi connectivity index (χ1n) is 5.66. The summed E-state index contributed by atoms with van der Waals surface area (Å²) in [6.07, 6.45) is 10.2. The number of aryl methyl sites for hydroxylation is 1. The first-order chi connectivity index (χ1) is 7.90. The van der Waals surface area contributed by atoms with Crippen LogP contribution in [0.2, 0.25) is 0 Å². The van der Waals surface area contributed by atoms with Crippen LogP contribution < -0.4 is 5.73 Å². The summed E-state index contributed by atoms with van der Waals surface area (Å²) in [5.41, 5.74) is 7.86. The monoisotopic (exact) mass is 215 g/mol. The van der Waals surface area contributed by atoms with Gasteiger partial charge in [0.1, 0.15) is 0 Å². The summed E-state index contributed by atoms with van der Waals surface area (Å²) in [6, 6.07) is 6.16. The van der Waals surface area contributed by atoms with Crippen LogP contribution >= 0.6 is 0 Å². The lowest BCUT2D eigenvalue weighted by Crippen LogP contribution is -2.01. The average molecular weight is 215 g/mol. The zero-order chi connectivity index (χ0) is 11.2. The molecule has 2 aromatic rings. The van der Waals surface area contributed by atoms with E-state index in [1.807, 2.05) is 12.3 Å². The van der Waals surface area contributed by atoms with Gasteiger partial charge in [0.25, 0.3) is 0 Å². The Bertz CT molecular complexity index is 420. The Morgan fingerprint density at radius 3 is 2.88 bits per heavy atom. The highest BCUT2D eigenvalue weighted by atomic mass is 14.9. The molecule has 0 unspecified atom stereocenters. The van der Waals surface area contributed by atoms with Gasteiger partial charge in [-0.2, -0.15) is 0 Å². The maximum absolute atomic E-state index is 5.47. The second-order valence-corrected chi connectivity index (χ2v) is 3.88. The predicted molar refractivity (Wildman–Crippen MR) is 66.0 cm³/mol. The molecular weight excluding hydrogens is 198 g/mol. The smallest absolute Gasteiger partial charge is 0.0346 e. The maximum atomic E-state index is 5.47.